The number of hydrogen-bond acceptors (Lipinski definition) is 4. The van der Waals surface area contributed by atoms with Crippen LogP contribution in [0.4, 0.5) is 0 Å². The average Bonchev–Trinajstić information content (AvgIpc) is 3.13. The van der Waals surface area contributed by atoms with E-state index in [9.17, 15) is 4.79 Å². The first kappa shape index (κ1) is 18.2. The van der Waals surface area contributed by atoms with Crippen LogP contribution in [-0.4, -0.2) is 37.6 Å². The van der Waals surface area contributed by atoms with Gasteiger partial charge in [-0.05, 0) is 42.9 Å². The molecule has 0 radical (unpaired) electrons. The zero-order chi connectivity index (χ0) is 17.4. The Morgan fingerprint density at radius 1 is 1.21 bits per heavy atom. The van der Waals surface area contributed by atoms with Crippen molar-refractivity contribution in [1.82, 2.24) is 10.2 Å². The van der Waals surface area contributed by atoms with Gasteiger partial charge in [0.25, 0.3) is 5.91 Å². The Morgan fingerprint density at radius 2 is 1.92 bits per heavy atom. The fourth-order valence-corrected chi connectivity index (χ4v) is 2.77. The molecule has 1 N–H and O–H groups in total. The van der Waals surface area contributed by atoms with E-state index in [0.29, 0.717) is 18.7 Å². The number of nitrogens with one attached hydrogen (secondary N) is 1. The lowest BCUT2D eigenvalue weighted by atomic mass is 10.1. The number of amides is 1. The second kappa shape index (κ2) is 9.25. The van der Waals surface area contributed by atoms with Crippen molar-refractivity contribution in [2.24, 2.45) is 0 Å². The molecular formula is C19H26N2O3. The van der Waals surface area contributed by atoms with Gasteiger partial charge in [-0.15, -0.1) is 0 Å². The third-order valence-corrected chi connectivity index (χ3v) is 4.11. The minimum Gasteiger partial charge on any atom is -0.468 e. The lowest BCUT2D eigenvalue weighted by molar-refractivity contribution is 0.0929. The Labute approximate surface area is 143 Å². The molecule has 0 unspecified atom stereocenters. The molecule has 2 rings (SSSR count). The van der Waals surface area contributed by atoms with Gasteiger partial charge in [0.2, 0.25) is 0 Å². The van der Waals surface area contributed by atoms with Gasteiger partial charge < -0.3 is 14.5 Å². The number of hydrogen-bond donors (Lipinski definition) is 1. The Bertz CT molecular complexity index is 604. The first-order chi connectivity index (χ1) is 11.7. The summed E-state index contributed by atoms with van der Waals surface area (Å²) in [6.45, 7) is 7.05. The van der Waals surface area contributed by atoms with E-state index in [1.165, 1.54) is 0 Å². The summed E-state index contributed by atoms with van der Waals surface area (Å²) in [5, 5.41) is 3.02. The largest absolute Gasteiger partial charge is 0.468 e. The summed E-state index contributed by atoms with van der Waals surface area (Å²) in [7, 11) is 1.66. The quantitative estimate of drug-likeness (QED) is 0.767. The van der Waals surface area contributed by atoms with Crippen molar-refractivity contribution in [2.75, 3.05) is 26.7 Å². The van der Waals surface area contributed by atoms with Crippen LogP contribution in [0, 0.1) is 0 Å². The van der Waals surface area contributed by atoms with Gasteiger partial charge in [0, 0.05) is 19.2 Å². The van der Waals surface area contributed by atoms with Gasteiger partial charge in [0.15, 0.2) is 0 Å². The fourth-order valence-electron chi connectivity index (χ4n) is 2.77. The van der Waals surface area contributed by atoms with Gasteiger partial charge in [0.05, 0.1) is 18.9 Å². The number of nitrogens with zero attached hydrogens (tertiary/aromatic N) is 1. The molecule has 0 bridgehead atoms. The summed E-state index contributed by atoms with van der Waals surface area (Å²) in [5.41, 5.74) is 1.69. The van der Waals surface area contributed by atoms with Gasteiger partial charge in [-0.2, -0.15) is 0 Å². The van der Waals surface area contributed by atoms with Crippen LogP contribution in [0.5, 0.6) is 0 Å². The average molecular weight is 330 g/mol. The van der Waals surface area contributed by atoms with Crippen LogP contribution in [-0.2, 0) is 11.3 Å². The van der Waals surface area contributed by atoms with Crippen LogP contribution in [0.2, 0.25) is 0 Å². The maximum atomic E-state index is 12.4. The molecule has 130 valence electrons. The van der Waals surface area contributed by atoms with Gasteiger partial charge in [0.1, 0.15) is 5.76 Å². The van der Waals surface area contributed by atoms with E-state index >= 15 is 0 Å². The predicted molar refractivity (Wildman–Crippen MR) is 93.9 cm³/mol. The highest BCUT2D eigenvalue weighted by Crippen LogP contribution is 2.20. The lowest BCUT2D eigenvalue weighted by Crippen LogP contribution is -2.37. The van der Waals surface area contributed by atoms with Gasteiger partial charge in [-0.3, -0.25) is 9.69 Å². The zero-order valence-electron chi connectivity index (χ0n) is 14.6. The SMILES string of the molecule is CCN(CC)[C@@H](CNC(=O)c1ccc(COC)cc1)c1ccco1. The summed E-state index contributed by atoms with van der Waals surface area (Å²) < 4.78 is 10.6. The van der Waals surface area contributed by atoms with Crippen molar-refractivity contribution in [3.63, 3.8) is 0 Å². The molecular weight excluding hydrogens is 304 g/mol. The summed E-state index contributed by atoms with van der Waals surface area (Å²) in [6.07, 6.45) is 1.67. The summed E-state index contributed by atoms with van der Waals surface area (Å²) in [4.78, 5) is 14.7. The Morgan fingerprint density at radius 3 is 2.46 bits per heavy atom. The van der Waals surface area contributed by atoms with Crippen LogP contribution in [0.15, 0.2) is 47.1 Å². The fraction of sp³-hybridized carbons (Fsp3) is 0.421. The number of furan rings is 1. The Hall–Kier alpha value is -2.11. The number of rotatable bonds is 9. The molecule has 0 aliphatic heterocycles. The topological polar surface area (TPSA) is 54.7 Å². The molecule has 24 heavy (non-hydrogen) atoms. The first-order valence-corrected chi connectivity index (χ1v) is 8.33. The van der Waals surface area contributed by atoms with E-state index in [0.717, 1.165) is 24.4 Å². The van der Waals surface area contributed by atoms with E-state index in [1.54, 1.807) is 13.4 Å². The third kappa shape index (κ3) is 4.69. The summed E-state index contributed by atoms with van der Waals surface area (Å²) >= 11 is 0. The van der Waals surface area contributed by atoms with E-state index in [2.05, 4.69) is 24.1 Å². The van der Waals surface area contributed by atoms with Crippen molar-refractivity contribution >= 4 is 5.91 Å². The van der Waals surface area contributed by atoms with Gasteiger partial charge in [-0.1, -0.05) is 26.0 Å². The molecule has 2 aromatic rings. The molecule has 1 aromatic heterocycles. The third-order valence-electron chi connectivity index (χ3n) is 4.11. The molecule has 0 aliphatic carbocycles. The second-order valence-corrected chi connectivity index (χ2v) is 5.59. The molecule has 0 saturated carbocycles. The number of carbonyl (C=O) groups is 1. The normalized spacial score (nSPS) is 12.3. The molecule has 0 spiro atoms. The van der Waals surface area contributed by atoms with Crippen LogP contribution in [0.1, 0.15) is 41.6 Å². The van der Waals surface area contributed by atoms with E-state index in [1.807, 2.05) is 36.4 Å². The van der Waals surface area contributed by atoms with E-state index in [4.69, 9.17) is 9.15 Å². The van der Waals surface area contributed by atoms with Crippen molar-refractivity contribution in [3.05, 3.63) is 59.5 Å². The molecule has 0 saturated heterocycles. The number of methoxy groups -OCH3 is 1. The number of carbonyl (C=O) groups excluding carboxylic acids is 1. The first-order valence-electron chi connectivity index (χ1n) is 8.33. The predicted octanol–water partition coefficient (Wildman–Crippen LogP) is 3.24. The molecule has 5 heteroatoms. The highest BCUT2D eigenvalue weighted by molar-refractivity contribution is 5.94. The highest BCUT2D eigenvalue weighted by Gasteiger charge is 2.21. The van der Waals surface area contributed by atoms with Crippen molar-refractivity contribution in [2.45, 2.75) is 26.5 Å². The van der Waals surface area contributed by atoms with Crippen LogP contribution in [0.3, 0.4) is 0 Å². The molecule has 0 aliphatic rings. The summed E-state index contributed by atoms with van der Waals surface area (Å²) in [6, 6.07) is 11.3. The summed E-state index contributed by atoms with van der Waals surface area (Å²) in [5.74, 6) is 0.789. The second-order valence-electron chi connectivity index (χ2n) is 5.59. The van der Waals surface area contributed by atoms with Crippen molar-refractivity contribution in [1.29, 1.82) is 0 Å². The Kier molecular flexibility index (Phi) is 7.03. The molecule has 1 heterocycles. The molecule has 0 fully saturated rings. The molecule has 1 amide bonds. The van der Waals surface area contributed by atoms with E-state index in [-0.39, 0.29) is 11.9 Å². The van der Waals surface area contributed by atoms with Crippen molar-refractivity contribution in [3.8, 4) is 0 Å². The number of likely N-dealkylation sites (N-methyl/N-ethyl adjacent to an activating group) is 1. The van der Waals surface area contributed by atoms with Crippen LogP contribution >= 0.6 is 0 Å². The lowest BCUT2D eigenvalue weighted by Gasteiger charge is -2.28. The standard InChI is InChI=1S/C19H26N2O3/c1-4-21(5-2)17(18-7-6-12-24-18)13-20-19(22)16-10-8-15(9-11-16)14-23-3/h6-12,17H,4-5,13-14H2,1-3H3,(H,20,22)/t17-/m0/s1. The smallest absolute Gasteiger partial charge is 0.251 e. The maximum Gasteiger partial charge on any atom is 0.251 e. The van der Waals surface area contributed by atoms with Gasteiger partial charge >= 0.3 is 0 Å². The molecule has 1 atom stereocenters. The number of ether oxygens (including phenoxy) is 1. The minimum atomic E-state index is -0.0809. The monoisotopic (exact) mass is 330 g/mol. The zero-order valence-corrected chi connectivity index (χ0v) is 14.6. The molecule has 1 aromatic carbocycles. The molecule has 5 nitrogen and oxygen atoms in total. The highest BCUT2D eigenvalue weighted by atomic mass is 16.5. The Balaban J connectivity index is 2.01. The van der Waals surface area contributed by atoms with Crippen molar-refractivity contribution < 1.29 is 13.9 Å². The minimum absolute atomic E-state index is 0.0340. The van der Waals surface area contributed by atoms with Crippen LogP contribution in [0.25, 0.3) is 0 Å². The van der Waals surface area contributed by atoms with E-state index < -0.39 is 0 Å². The van der Waals surface area contributed by atoms with Gasteiger partial charge in [-0.25, -0.2) is 0 Å². The number of benzene rings is 1. The van der Waals surface area contributed by atoms with Crippen LogP contribution < -0.4 is 5.32 Å². The maximum absolute atomic E-state index is 12.4.